The molecule has 1 amide bonds. The summed E-state index contributed by atoms with van der Waals surface area (Å²) in [5.74, 6) is 0.719. The molecule has 3 aromatic rings. The fourth-order valence-electron chi connectivity index (χ4n) is 2.41. The number of thiazole rings is 1. The van der Waals surface area contributed by atoms with E-state index in [4.69, 9.17) is 9.47 Å². The Morgan fingerprint density at radius 1 is 1.29 bits per heavy atom. The maximum absolute atomic E-state index is 12.2. The highest BCUT2D eigenvalue weighted by atomic mass is 32.1. The molecule has 0 radical (unpaired) electrons. The zero-order valence-corrected chi connectivity index (χ0v) is 14.6. The molecule has 0 atom stereocenters. The Balaban J connectivity index is 1.86. The average molecular weight is 345 g/mol. The first-order valence-electron chi connectivity index (χ1n) is 7.54. The van der Waals surface area contributed by atoms with Gasteiger partial charge in [-0.05, 0) is 31.2 Å². The molecule has 1 N–H and O–H groups in total. The second kappa shape index (κ2) is 7.02. The van der Waals surface area contributed by atoms with Crippen LogP contribution in [0, 0.1) is 6.92 Å². The number of aryl methyl sites for hydroxylation is 1. The lowest BCUT2D eigenvalue weighted by Gasteiger charge is -2.03. The number of nitrogens with zero attached hydrogens (tertiary/aromatic N) is 2. The summed E-state index contributed by atoms with van der Waals surface area (Å²) in [7, 11) is 3.25. The average Bonchev–Trinajstić information content (AvgIpc) is 3.15. The molecule has 0 aliphatic carbocycles. The van der Waals surface area contributed by atoms with Crippen LogP contribution in [0.1, 0.15) is 15.4 Å². The highest BCUT2D eigenvalue weighted by Crippen LogP contribution is 2.28. The predicted octanol–water partition coefficient (Wildman–Crippen LogP) is 2.76. The predicted molar refractivity (Wildman–Crippen MR) is 94.0 cm³/mol. The number of benzene rings is 1. The van der Waals surface area contributed by atoms with Gasteiger partial charge in [-0.15, -0.1) is 0 Å². The van der Waals surface area contributed by atoms with Crippen molar-refractivity contribution >= 4 is 22.2 Å². The van der Waals surface area contributed by atoms with E-state index in [1.165, 1.54) is 11.3 Å². The minimum atomic E-state index is -0.0916. The SMILES string of the molecule is COCCNC(=O)c1sc2nc(-c3ccc(OC)cc3)cn2c1C. The highest BCUT2D eigenvalue weighted by Gasteiger charge is 2.17. The zero-order valence-electron chi connectivity index (χ0n) is 13.8. The van der Waals surface area contributed by atoms with E-state index in [9.17, 15) is 4.79 Å². The third-order valence-electron chi connectivity index (χ3n) is 3.74. The molecule has 0 fully saturated rings. The van der Waals surface area contributed by atoms with Crippen molar-refractivity contribution in [3.05, 3.63) is 41.0 Å². The van der Waals surface area contributed by atoms with E-state index >= 15 is 0 Å². The van der Waals surface area contributed by atoms with Crippen molar-refractivity contribution in [2.75, 3.05) is 27.4 Å². The van der Waals surface area contributed by atoms with Crippen LogP contribution >= 0.6 is 11.3 Å². The first-order chi connectivity index (χ1) is 11.6. The highest BCUT2D eigenvalue weighted by molar-refractivity contribution is 7.19. The third kappa shape index (κ3) is 3.13. The van der Waals surface area contributed by atoms with Gasteiger partial charge in [-0.2, -0.15) is 0 Å². The van der Waals surface area contributed by atoms with Gasteiger partial charge < -0.3 is 14.8 Å². The Hall–Kier alpha value is -2.38. The molecule has 7 heteroatoms. The summed E-state index contributed by atoms with van der Waals surface area (Å²) in [5, 5.41) is 2.84. The van der Waals surface area contributed by atoms with Gasteiger partial charge in [-0.3, -0.25) is 9.20 Å². The minimum Gasteiger partial charge on any atom is -0.497 e. The van der Waals surface area contributed by atoms with Crippen LogP contribution in [0.2, 0.25) is 0 Å². The summed E-state index contributed by atoms with van der Waals surface area (Å²) in [5.41, 5.74) is 2.77. The van der Waals surface area contributed by atoms with Crippen LogP contribution < -0.4 is 10.1 Å². The summed E-state index contributed by atoms with van der Waals surface area (Å²) >= 11 is 1.39. The van der Waals surface area contributed by atoms with E-state index in [1.54, 1.807) is 14.2 Å². The van der Waals surface area contributed by atoms with Gasteiger partial charge in [0, 0.05) is 31.1 Å². The van der Waals surface area contributed by atoms with Gasteiger partial charge in [-0.25, -0.2) is 4.98 Å². The molecule has 24 heavy (non-hydrogen) atoms. The van der Waals surface area contributed by atoms with Crippen molar-refractivity contribution < 1.29 is 14.3 Å². The number of hydrogen-bond donors (Lipinski definition) is 1. The molecular weight excluding hydrogens is 326 g/mol. The van der Waals surface area contributed by atoms with Crippen LogP contribution in [0.3, 0.4) is 0 Å². The maximum atomic E-state index is 12.2. The molecule has 126 valence electrons. The van der Waals surface area contributed by atoms with Crippen LogP contribution in [0.15, 0.2) is 30.5 Å². The van der Waals surface area contributed by atoms with E-state index < -0.39 is 0 Å². The monoisotopic (exact) mass is 345 g/mol. The molecule has 2 heterocycles. The summed E-state index contributed by atoms with van der Waals surface area (Å²) in [6, 6.07) is 7.76. The van der Waals surface area contributed by atoms with Gasteiger partial charge >= 0.3 is 0 Å². The Kier molecular flexibility index (Phi) is 4.82. The minimum absolute atomic E-state index is 0.0916. The lowest BCUT2D eigenvalue weighted by molar-refractivity contribution is 0.0940. The van der Waals surface area contributed by atoms with Crippen LogP contribution in [0.25, 0.3) is 16.2 Å². The number of fused-ring (bicyclic) bond motifs is 1. The Labute approximate surface area is 144 Å². The molecule has 1 aromatic carbocycles. The second-order valence-corrected chi connectivity index (χ2v) is 6.25. The molecular formula is C17H19N3O3S. The first kappa shape index (κ1) is 16.5. The number of carbonyl (C=O) groups is 1. The van der Waals surface area contributed by atoms with Gasteiger partial charge in [0.1, 0.15) is 10.6 Å². The molecule has 0 saturated carbocycles. The van der Waals surface area contributed by atoms with Gasteiger partial charge in [0.2, 0.25) is 0 Å². The largest absolute Gasteiger partial charge is 0.497 e. The molecule has 0 bridgehead atoms. The summed E-state index contributed by atoms with van der Waals surface area (Å²) in [4.78, 5) is 18.3. The van der Waals surface area contributed by atoms with E-state index in [0.29, 0.717) is 18.0 Å². The number of methoxy groups -OCH3 is 2. The normalized spacial score (nSPS) is 11.0. The van der Waals surface area contributed by atoms with Crippen molar-refractivity contribution in [2.24, 2.45) is 0 Å². The molecule has 6 nitrogen and oxygen atoms in total. The van der Waals surface area contributed by atoms with Gasteiger partial charge in [0.25, 0.3) is 5.91 Å². The molecule has 0 unspecified atom stereocenters. The van der Waals surface area contributed by atoms with Gasteiger partial charge in [0.15, 0.2) is 4.96 Å². The van der Waals surface area contributed by atoms with Crippen LogP contribution in [0.4, 0.5) is 0 Å². The zero-order chi connectivity index (χ0) is 17.1. The van der Waals surface area contributed by atoms with E-state index in [1.807, 2.05) is 41.8 Å². The number of amides is 1. The number of hydrogen-bond acceptors (Lipinski definition) is 5. The van der Waals surface area contributed by atoms with Crippen LogP contribution in [0.5, 0.6) is 5.75 Å². The van der Waals surface area contributed by atoms with Crippen molar-refractivity contribution in [1.82, 2.24) is 14.7 Å². The fourth-order valence-corrected chi connectivity index (χ4v) is 3.43. The smallest absolute Gasteiger partial charge is 0.263 e. The summed E-state index contributed by atoms with van der Waals surface area (Å²) in [6.07, 6.45) is 1.95. The van der Waals surface area contributed by atoms with Gasteiger partial charge in [-0.1, -0.05) is 11.3 Å². The molecule has 3 rings (SSSR count). The summed E-state index contributed by atoms with van der Waals surface area (Å²) < 4.78 is 12.1. The molecule has 0 spiro atoms. The maximum Gasteiger partial charge on any atom is 0.263 e. The quantitative estimate of drug-likeness (QED) is 0.698. The number of carbonyl (C=O) groups excluding carboxylic acids is 1. The number of imidazole rings is 1. The molecule has 0 aliphatic heterocycles. The van der Waals surface area contributed by atoms with E-state index in [-0.39, 0.29) is 5.91 Å². The fraction of sp³-hybridized carbons (Fsp3) is 0.294. The third-order valence-corrected chi connectivity index (χ3v) is 4.90. The number of rotatable bonds is 6. The number of ether oxygens (including phenoxy) is 2. The Morgan fingerprint density at radius 3 is 2.67 bits per heavy atom. The molecule has 0 aliphatic rings. The number of nitrogens with one attached hydrogen (secondary N) is 1. The lowest BCUT2D eigenvalue weighted by atomic mass is 10.2. The second-order valence-electron chi connectivity index (χ2n) is 5.27. The molecule has 0 saturated heterocycles. The van der Waals surface area contributed by atoms with Crippen molar-refractivity contribution in [3.63, 3.8) is 0 Å². The summed E-state index contributed by atoms with van der Waals surface area (Å²) in [6.45, 7) is 2.91. The first-order valence-corrected chi connectivity index (χ1v) is 8.35. The van der Waals surface area contributed by atoms with Crippen molar-refractivity contribution in [3.8, 4) is 17.0 Å². The van der Waals surface area contributed by atoms with Gasteiger partial charge in [0.05, 0.1) is 19.4 Å². The molecule has 2 aromatic heterocycles. The Morgan fingerprint density at radius 2 is 2.04 bits per heavy atom. The Bertz CT molecular complexity index is 852. The van der Waals surface area contributed by atoms with Crippen molar-refractivity contribution in [2.45, 2.75) is 6.92 Å². The van der Waals surface area contributed by atoms with Crippen LogP contribution in [-0.2, 0) is 4.74 Å². The van der Waals surface area contributed by atoms with E-state index in [2.05, 4.69) is 10.3 Å². The topological polar surface area (TPSA) is 64.9 Å². The number of aromatic nitrogens is 2. The van der Waals surface area contributed by atoms with E-state index in [0.717, 1.165) is 27.7 Å². The van der Waals surface area contributed by atoms with Crippen LogP contribution in [-0.4, -0.2) is 42.7 Å². The van der Waals surface area contributed by atoms with Crippen molar-refractivity contribution in [1.29, 1.82) is 0 Å². The lowest BCUT2D eigenvalue weighted by Crippen LogP contribution is -2.26. The standard InChI is InChI=1S/C17H19N3O3S/c1-11-15(16(21)18-8-9-22-2)24-17-19-14(10-20(11)17)12-4-6-13(23-3)7-5-12/h4-7,10H,8-9H2,1-3H3,(H,18,21).